The van der Waals surface area contributed by atoms with Gasteiger partial charge in [-0.1, -0.05) is 34.1 Å². The maximum Gasteiger partial charge on any atom is 0.126 e. The van der Waals surface area contributed by atoms with Crippen LogP contribution in [0.15, 0.2) is 46.9 Å². The Bertz CT molecular complexity index is 632. The Kier molecular flexibility index (Phi) is 3.76. The minimum absolute atomic E-state index is 0.134. The van der Waals surface area contributed by atoms with Crippen LogP contribution in [0.1, 0.15) is 29.7 Å². The Hall–Kier alpha value is -1.39. The van der Waals surface area contributed by atoms with Gasteiger partial charge in [-0.2, -0.15) is 0 Å². The van der Waals surface area contributed by atoms with E-state index in [1.165, 1.54) is 6.07 Å². The molecule has 0 saturated carbocycles. The third-order valence-electron chi connectivity index (χ3n) is 3.64. The summed E-state index contributed by atoms with van der Waals surface area (Å²) in [4.78, 5) is 0. The summed E-state index contributed by atoms with van der Waals surface area (Å²) in [6, 6.07) is 12.9. The van der Waals surface area contributed by atoms with Crippen LogP contribution in [0.2, 0.25) is 0 Å². The predicted octanol–water partition coefficient (Wildman–Crippen LogP) is 4.37. The van der Waals surface area contributed by atoms with Crippen molar-refractivity contribution in [1.29, 1.82) is 0 Å². The summed E-state index contributed by atoms with van der Waals surface area (Å²) in [6.07, 6.45) is 0.652. The van der Waals surface area contributed by atoms with Crippen molar-refractivity contribution in [2.75, 3.05) is 7.05 Å². The normalized spacial score (nSPS) is 21.1. The van der Waals surface area contributed by atoms with Gasteiger partial charge >= 0.3 is 0 Å². The van der Waals surface area contributed by atoms with E-state index in [0.29, 0.717) is 0 Å². The van der Waals surface area contributed by atoms with E-state index in [-0.39, 0.29) is 18.0 Å². The molecule has 2 nitrogen and oxygen atoms in total. The number of benzene rings is 2. The van der Waals surface area contributed by atoms with Gasteiger partial charge in [-0.3, -0.25) is 0 Å². The highest BCUT2D eigenvalue weighted by atomic mass is 79.9. The first-order valence-electron chi connectivity index (χ1n) is 6.56. The van der Waals surface area contributed by atoms with Crippen molar-refractivity contribution < 1.29 is 9.13 Å². The summed E-state index contributed by atoms with van der Waals surface area (Å²) >= 11 is 3.46. The van der Waals surface area contributed by atoms with E-state index in [4.69, 9.17) is 4.74 Å². The van der Waals surface area contributed by atoms with E-state index in [2.05, 4.69) is 27.3 Å². The molecule has 0 aliphatic carbocycles. The van der Waals surface area contributed by atoms with E-state index in [1.54, 1.807) is 12.1 Å². The number of hydrogen-bond donors (Lipinski definition) is 1. The minimum Gasteiger partial charge on any atom is -0.485 e. The summed E-state index contributed by atoms with van der Waals surface area (Å²) in [6.45, 7) is 0. The van der Waals surface area contributed by atoms with Gasteiger partial charge in [0.05, 0.1) is 0 Å². The summed E-state index contributed by atoms with van der Waals surface area (Å²) in [5.41, 5.74) is 2.01. The van der Waals surface area contributed by atoms with Crippen LogP contribution in [0.25, 0.3) is 0 Å². The van der Waals surface area contributed by atoms with Crippen LogP contribution in [0, 0.1) is 5.82 Å². The summed E-state index contributed by atoms with van der Waals surface area (Å²) in [7, 11) is 1.93. The fourth-order valence-corrected chi connectivity index (χ4v) is 2.96. The lowest BCUT2D eigenvalue weighted by Crippen LogP contribution is -2.26. The first kappa shape index (κ1) is 13.6. The van der Waals surface area contributed by atoms with Gasteiger partial charge in [-0.25, -0.2) is 4.39 Å². The minimum atomic E-state index is -0.229. The van der Waals surface area contributed by atoms with Gasteiger partial charge in [0.1, 0.15) is 17.7 Å². The zero-order valence-corrected chi connectivity index (χ0v) is 12.7. The fraction of sp³-hybridized carbons (Fsp3) is 0.250. The maximum absolute atomic E-state index is 13.4. The number of rotatable bonds is 2. The lowest BCUT2D eigenvalue weighted by Gasteiger charge is -2.32. The van der Waals surface area contributed by atoms with Crippen LogP contribution in [0.4, 0.5) is 4.39 Å². The number of ether oxygens (including phenoxy) is 1. The zero-order valence-electron chi connectivity index (χ0n) is 11.1. The molecule has 1 heterocycles. The number of hydrogen-bond acceptors (Lipinski definition) is 2. The maximum atomic E-state index is 13.4. The van der Waals surface area contributed by atoms with Crippen molar-refractivity contribution in [3.05, 3.63) is 63.9 Å². The lowest BCUT2D eigenvalue weighted by atomic mass is 9.93. The van der Waals surface area contributed by atoms with Crippen molar-refractivity contribution in [3.63, 3.8) is 0 Å². The Morgan fingerprint density at radius 2 is 2.10 bits per heavy atom. The van der Waals surface area contributed by atoms with E-state index in [0.717, 1.165) is 27.8 Å². The standard InChI is InChI=1S/C16H15BrFNO/c1-19-14-9-15(10-3-2-4-12(18)7-10)20-16-8-11(17)5-6-13(14)16/h2-8,14-15,19H,9H2,1H3. The number of fused-ring (bicyclic) bond motifs is 1. The first-order chi connectivity index (χ1) is 9.67. The molecule has 0 radical (unpaired) electrons. The fourth-order valence-electron chi connectivity index (χ4n) is 2.62. The van der Waals surface area contributed by atoms with E-state index >= 15 is 0 Å². The summed E-state index contributed by atoms with van der Waals surface area (Å²) in [5, 5.41) is 3.30. The van der Waals surface area contributed by atoms with Crippen LogP contribution in [0.5, 0.6) is 5.75 Å². The Balaban J connectivity index is 1.97. The Morgan fingerprint density at radius 3 is 2.85 bits per heavy atom. The molecule has 3 rings (SSSR count). The van der Waals surface area contributed by atoms with Crippen LogP contribution in [-0.4, -0.2) is 7.05 Å². The van der Waals surface area contributed by atoms with Gasteiger partial charge in [0.2, 0.25) is 0 Å². The van der Waals surface area contributed by atoms with Gasteiger partial charge in [0, 0.05) is 22.5 Å². The topological polar surface area (TPSA) is 21.3 Å². The molecule has 0 spiro atoms. The van der Waals surface area contributed by atoms with Gasteiger partial charge < -0.3 is 10.1 Å². The van der Waals surface area contributed by atoms with Gasteiger partial charge in [-0.05, 0) is 36.9 Å². The second kappa shape index (κ2) is 5.54. The third kappa shape index (κ3) is 2.58. The molecule has 20 heavy (non-hydrogen) atoms. The molecule has 0 saturated heterocycles. The average molecular weight is 336 g/mol. The Labute approximate surface area is 126 Å². The molecule has 4 heteroatoms. The Morgan fingerprint density at radius 1 is 1.25 bits per heavy atom. The van der Waals surface area contributed by atoms with Gasteiger partial charge in [0.25, 0.3) is 0 Å². The average Bonchev–Trinajstić information content (AvgIpc) is 2.45. The SMILES string of the molecule is CNC1CC(c2cccc(F)c2)Oc2cc(Br)ccc21. The summed E-state index contributed by atoms with van der Waals surface area (Å²) < 4.78 is 20.4. The molecule has 1 aliphatic rings. The molecule has 2 aromatic carbocycles. The van der Waals surface area contributed by atoms with Crippen molar-refractivity contribution in [2.24, 2.45) is 0 Å². The summed E-state index contributed by atoms with van der Waals surface area (Å²) in [5.74, 6) is 0.617. The molecular weight excluding hydrogens is 321 g/mol. The molecular formula is C16H15BrFNO. The zero-order chi connectivity index (χ0) is 14.1. The van der Waals surface area contributed by atoms with Gasteiger partial charge in [-0.15, -0.1) is 0 Å². The van der Waals surface area contributed by atoms with E-state index in [9.17, 15) is 4.39 Å². The highest BCUT2D eigenvalue weighted by Crippen LogP contribution is 2.41. The molecule has 1 aliphatic heterocycles. The van der Waals surface area contributed by atoms with E-state index < -0.39 is 0 Å². The van der Waals surface area contributed by atoms with Crippen molar-refractivity contribution in [3.8, 4) is 5.75 Å². The molecule has 0 aromatic heterocycles. The quantitative estimate of drug-likeness (QED) is 0.879. The highest BCUT2D eigenvalue weighted by Gasteiger charge is 2.28. The molecule has 2 atom stereocenters. The largest absolute Gasteiger partial charge is 0.485 e. The van der Waals surface area contributed by atoms with Crippen LogP contribution >= 0.6 is 15.9 Å². The van der Waals surface area contributed by atoms with Crippen molar-refractivity contribution in [1.82, 2.24) is 5.32 Å². The number of nitrogens with one attached hydrogen (secondary N) is 1. The molecule has 104 valence electrons. The lowest BCUT2D eigenvalue weighted by molar-refractivity contribution is 0.153. The van der Waals surface area contributed by atoms with Crippen molar-refractivity contribution >= 4 is 15.9 Å². The second-order valence-electron chi connectivity index (χ2n) is 4.92. The molecule has 1 N–H and O–H groups in total. The molecule has 2 aromatic rings. The van der Waals surface area contributed by atoms with Crippen LogP contribution in [-0.2, 0) is 0 Å². The highest BCUT2D eigenvalue weighted by molar-refractivity contribution is 9.10. The number of halogens is 2. The van der Waals surface area contributed by atoms with Crippen molar-refractivity contribution in [2.45, 2.75) is 18.6 Å². The molecule has 2 unspecified atom stereocenters. The van der Waals surface area contributed by atoms with E-state index in [1.807, 2.05) is 25.2 Å². The van der Waals surface area contributed by atoms with Gasteiger partial charge in [0.15, 0.2) is 0 Å². The molecule has 0 bridgehead atoms. The smallest absolute Gasteiger partial charge is 0.126 e. The molecule has 0 amide bonds. The monoisotopic (exact) mass is 335 g/mol. The van der Waals surface area contributed by atoms with Crippen LogP contribution in [0.3, 0.4) is 0 Å². The first-order valence-corrected chi connectivity index (χ1v) is 7.35. The predicted molar refractivity (Wildman–Crippen MR) is 80.3 cm³/mol. The van der Waals surface area contributed by atoms with Crippen LogP contribution < -0.4 is 10.1 Å². The second-order valence-corrected chi connectivity index (χ2v) is 5.84. The third-order valence-corrected chi connectivity index (χ3v) is 4.13. The molecule has 0 fully saturated rings.